The molecular weight excluding hydrogens is 535 g/mol. The maximum Gasteiger partial charge on any atom is 0.0809 e. The zero-order chi connectivity index (χ0) is 20.0. The van der Waals surface area contributed by atoms with E-state index in [1.165, 1.54) is 6.07 Å². The summed E-state index contributed by atoms with van der Waals surface area (Å²) in [7, 11) is 0. The molecule has 0 nitrogen and oxygen atoms in total. The molecule has 0 heterocycles. The fraction of sp³-hybridized carbons (Fsp3) is 0. The normalized spacial score (nSPS) is 11.1. The Morgan fingerprint density at radius 3 is 1.33 bits per heavy atom. The summed E-state index contributed by atoms with van der Waals surface area (Å²) in [5.41, 5.74) is 2.07. The summed E-state index contributed by atoms with van der Waals surface area (Å²) in [4.78, 5) is 0. The number of hydrogen-bond donors (Lipinski definition) is 0. The summed E-state index contributed by atoms with van der Waals surface area (Å²) >= 11 is 56.5. The van der Waals surface area contributed by atoms with Crippen LogP contribution in [0.25, 0.3) is 22.3 Å². The molecule has 0 N–H and O–H groups in total. The lowest BCUT2D eigenvalue weighted by atomic mass is 9.94. The van der Waals surface area contributed by atoms with Crippen molar-refractivity contribution in [3.05, 3.63) is 75.5 Å². The van der Waals surface area contributed by atoms with Crippen molar-refractivity contribution < 1.29 is 0 Å². The second-order valence-corrected chi connectivity index (χ2v) is 8.79. The quantitative estimate of drug-likeness (QED) is 0.224. The zero-order valence-corrected chi connectivity index (χ0v) is 19.6. The van der Waals surface area contributed by atoms with Crippen molar-refractivity contribution in [2.75, 3.05) is 0 Å². The maximum absolute atomic E-state index is 6.43. The molecule has 3 aromatic carbocycles. The Labute approximate surface area is 200 Å². The van der Waals surface area contributed by atoms with Crippen molar-refractivity contribution in [2.24, 2.45) is 0 Å². The molecule has 0 saturated heterocycles. The van der Waals surface area contributed by atoms with E-state index in [1.54, 1.807) is 24.3 Å². The highest BCUT2D eigenvalue weighted by atomic mass is 35.5. The van der Waals surface area contributed by atoms with E-state index in [-0.39, 0.29) is 40.2 Å². The molecule has 0 fully saturated rings. The van der Waals surface area contributed by atoms with Crippen molar-refractivity contribution in [1.82, 2.24) is 0 Å². The summed E-state index contributed by atoms with van der Waals surface area (Å²) in [5.74, 6) is 0. The van der Waals surface area contributed by atoms with Gasteiger partial charge in [0, 0.05) is 11.1 Å². The largest absolute Gasteiger partial charge is 0.0835 e. The van der Waals surface area contributed by atoms with E-state index in [4.69, 9.17) is 104 Å². The Bertz CT molecular complexity index is 1040. The molecule has 0 saturated carbocycles. The van der Waals surface area contributed by atoms with Gasteiger partial charge in [0.2, 0.25) is 0 Å². The van der Waals surface area contributed by atoms with Crippen molar-refractivity contribution >= 4 is 104 Å². The maximum atomic E-state index is 6.43. The molecule has 0 aliphatic carbocycles. The highest BCUT2D eigenvalue weighted by Crippen LogP contribution is 2.52. The zero-order valence-electron chi connectivity index (χ0n) is 12.8. The van der Waals surface area contributed by atoms with E-state index < -0.39 is 0 Å². The standard InChI is InChI=1S/C18H5Cl9/c19-8-5-9(20)12(21)13(22)10(8)6-3-1-2-4-7(6)11-14(23)16(25)18(27)17(26)15(11)24/h1-5H. The first-order chi connectivity index (χ1) is 12.7. The van der Waals surface area contributed by atoms with Crippen LogP contribution in [0.5, 0.6) is 0 Å². The van der Waals surface area contributed by atoms with Crippen LogP contribution in [-0.2, 0) is 0 Å². The van der Waals surface area contributed by atoms with Crippen LogP contribution >= 0.6 is 104 Å². The van der Waals surface area contributed by atoms with Crippen molar-refractivity contribution in [3.63, 3.8) is 0 Å². The second kappa shape index (κ2) is 8.56. The van der Waals surface area contributed by atoms with Gasteiger partial charge in [-0.05, 0) is 17.2 Å². The Hall–Kier alpha value is 0.270. The molecule has 9 heteroatoms. The van der Waals surface area contributed by atoms with Gasteiger partial charge in [-0.25, -0.2) is 0 Å². The highest BCUT2D eigenvalue weighted by molar-refractivity contribution is 6.57. The summed E-state index contributed by atoms with van der Waals surface area (Å²) in [5, 5.41) is 1.46. The lowest BCUT2D eigenvalue weighted by Crippen LogP contribution is -1.92. The van der Waals surface area contributed by atoms with E-state index in [1.807, 2.05) is 0 Å². The van der Waals surface area contributed by atoms with Gasteiger partial charge >= 0.3 is 0 Å². The van der Waals surface area contributed by atoms with Crippen molar-refractivity contribution in [1.29, 1.82) is 0 Å². The topological polar surface area (TPSA) is 0 Å². The van der Waals surface area contributed by atoms with Crippen LogP contribution in [0.3, 0.4) is 0 Å². The molecule has 0 amide bonds. The van der Waals surface area contributed by atoms with E-state index in [9.17, 15) is 0 Å². The molecule has 0 spiro atoms. The van der Waals surface area contributed by atoms with Gasteiger partial charge in [0.25, 0.3) is 0 Å². The van der Waals surface area contributed by atoms with Gasteiger partial charge in [-0.2, -0.15) is 0 Å². The highest BCUT2D eigenvalue weighted by Gasteiger charge is 2.24. The SMILES string of the molecule is Clc1cc(Cl)c(-c2ccccc2-c2c(Cl)c(Cl)c(Cl)c(Cl)c2Cl)c(Cl)c1Cl. The predicted molar refractivity (Wildman–Crippen MR) is 122 cm³/mol. The van der Waals surface area contributed by atoms with Crippen LogP contribution in [0.2, 0.25) is 45.2 Å². The summed E-state index contributed by atoms with van der Waals surface area (Å²) in [6.45, 7) is 0. The van der Waals surface area contributed by atoms with Crippen LogP contribution in [0.1, 0.15) is 0 Å². The fourth-order valence-electron chi connectivity index (χ4n) is 2.57. The number of rotatable bonds is 2. The Kier molecular flexibility index (Phi) is 6.96. The van der Waals surface area contributed by atoms with Gasteiger partial charge in [0.05, 0.1) is 45.2 Å². The number of benzene rings is 3. The molecule has 0 radical (unpaired) electrons. The van der Waals surface area contributed by atoms with Crippen LogP contribution in [0, 0.1) is 0 Å². The van der Waals surface area contributed by atoms with Crippen LogP contribution in [0.15, 0.2) is 30.3 Å². The fourth-order valence-corrected chi connectivity index (χ4v) is 5.03. The number of halogens is 9. The van der Waals surface area contributed by atoms with E-state index in [0.717, 1.165) is 0 Å². The Balaban J connectivity index is 2.42. The van der Waals surface area contributed by atoms with Gasteiger partial charge in [0.1, 0.15) is 0 Å². The second-order valence-electron chi connectivity index (χ2n) is 5.33. The monoisotopic (exact) mass is 536 g/mol. The molecule has 27 heavy (non-hydrogen) atoms. The first-order valence-electron chi connectivity index (χ1n) is 7.11. The average molecular weight is 540 g/mol. The minimum Gasteiger partial charge on any atom is -0.0835 e. The van der Waals surface area contributed by atoms with Crippen molar-refractivity contribution in [3.8, 4) is 22.3 Å². The van der Waals surface area contributed by atoms with Gasteiger partial charge in [-0.15, -0.1) is 0 Å². The molecule has 0 atom stereocenters. The summed E-state index contributed by atoms with van der Waals surface area (Å²) < 4.78 is 0. The Morgan fingerprint density at radius 2 is 0.815 bits per heavy atom. The lowest BCUT2D eigenvalue weighted by molar-refractivity contribution is 1.57. The number of hydrogen-bond acceptors (Lipinski definition) is 0. The first kappa shape index (κ1) is 22.0. The summed E-state index contributed by atoms with van der Waals surface area (Å²) in [6.07, 6.45) is 0. The van der Waals surface area contributed by atoms with Gasteiger partial charge in [0.15, 0.2) is 0 Å². The third-order valence-corrected chi connectivity index (χ3v) is 7.63. The molecule has 0 aromatic heterocycles. The molecular formula is C18H5Cl9. The molecule has 0 aliphatic heterocycles. The Morgan fingerprint density at radius 1 is 0.407 bits per heavy atom. The molecule has 3 aromatic rings. The van der Waals surface area contributed by atoms with Crippen LogP contribution in [-0.4, -0.2) is 0 Å². The van der Waals surface area contributed by atoms with Gasteiger partial charge in [-0.1, -0.05) is 129 Å². The molecule has 0 bridgehead atoms. The van der Waals surface area contributed by atoms with Gasteiger partial charge in [-0.3, -0.25) is 0 Å². The van der Waals surface area contributed by atoms with E-state index >= 15 is 0 Å². The van der Waals surface area contributed by atoms with E-state index in [0.29, 0.717) is 27.3 Å². The lowest BCUT2D eigenvalue weighted by Gasteiger charge is -2.18. The predicted octanol–water partition coefficient (Wildman–Crippen LogP) is 10.9. The molecule has 0 aliphatic rings. The van der Waals surface area contributed by atoms with Crippen LogP contribution in [0.4, 0.5) is 0 Å². The minimum absolute atomic E-state index is 0.0696. The molecule has 0 unspecified atom stereocenters. The van der Waals surface area contributed by atoms with Crippen molar-refractivity contribution in [2.45, 2.75) is 0 Å². The smallest absolute Gasteiger partial charge is 0.0809 e. The van der Waals surface area contributed by atoms with E-state index in [2.05, 4.69) is 0 Å². The van der Waals surface area contributed by atoms with Crippen LogP contribution < -0.4 is 0 Å². The summed E-state index contributed by atoms with van der Waals surface area (Å²) in [6, 6.07) is 8.67. The molecule has 140 valence electrons. The molecule has 3 rings (SSSR count). The average Bonchev–Trinajstić information content (AvgIpc) is 2.64. The third kappa shape index (κ3) is 3.87. The van der Waals surface area contributed by atoms with Gasteiger partial charge < -0.3 is 0 Å². The third-order valence-electron chi connectivity index (χ3n) is 3.79. The minimum atomic E-state index is 0.0696. The first-order valence-corrected chi connectivity index (χ1v) is 10.5.